The molecule has 0 saturated heterocycles. The number of fused-ring (bicyclic) bond motifs is 1. The fourth-order valence-electron chi connectivity index (χ4n) is 3.29. The number of aliphatic hydroxyl groups excluding tert-OH is 1. The molecule has 1 aromatic heterocycles. The van der Waals surface area contributed by atoms with Crippen molar-refractivity contribution < 1.29 is 5.11 Å². The van der Waals surface area contributed by atoms with Gasteiger partial charge in [0.15, 0.2) is 0 Å². The summed E-state index contributed by atoms with van der Waals surface area (Å²) in [7, 11) is 2.10. The predicted molar refractivity (Wildman–Crippen MR) is 87.7 cm³/mol. The number of aryl methyl sites for hydroxylation is 2. The molecule has 3 rings (SSSR count). The maximum Gasteiger partial charge on any atom is 0.108 e. The minimum absolute atomic E-state index is 0.419. The van der Waals surface area contributed by atoms with Crippen LogP contribution in [-0.4, -0.2) is 39.7 Å². The van der Waals surface area contributed by atoms with Crippen molar-refractivity contribution in [1.29, 1.82) is 0 Å². The van der Waals surface area contributed by atoms with Crippen molar-refractivity contribution in [1.82, 2.24) is 14.5 Å². The molecule has 2 heterocycles. The van der Waals surface area contributed by atoms with E-state index >= 15 is 0 Å². The molecule has 2 aromatic rings. The first-order chi connectivity index (χ1) is 10.6. The summed E-state index contributed by atoms with van der Waals surface area (Å²) in [6.07, 6.45) is 5.79. The highest BCUT2D eigenvalue weighted by Gasteiger charge is 2.21. The number of likely N-dealkylation sites (N-methyl/N-ethyl adjacent to an activating group) is 1. The van der Waals surface area contributed by atoms with Crippen LogP contribution in [0.5, 0.6) is 0 Å². The average molecular weight is 299 g/mol. The van der Waals surface area contributed by atoms with Crippen molar-refractivity contribution in [3.63, 3.8) is 0 Å². The molecule has 0 fully saturated rings. The van der Waals surface area contributed by atoms with Gasteiger partial charge in [-0.15, -0.1) is 0 Å². The largest absolute Gasteiger partial charge is 0.387 e. The lowest BCUT2D eigenvalue weighted by Crippen LogP contribution is -2.33. The minimum Gasteiger partial charge on any atom is -0.387 e. The number of hydrogen-bond acceptors (Lipinski definition) is 3. The average Bonchev–Trinajstić information content (AvgIpc) is 2.95. The van der Waals surface area contributed by atoms with E-state index in [0.717, 1.165) is 25.1 Å². The summed E-state index contributed by atoms with van der Waals surface area (Å²) in [4.78, 5) is 6.62. The highest BCUT2D eigenvalue weighted by Crippen LogP contribution is 2.21. The zero-order chi connectivity index (χ0) is 15.5. The molecule has 4 nitrogen and oxygen atoms in total. The van der Waals surface area contributed by atoms with E-state index in [1.807, 2.05) is 18.3 Å². The Balaban J connectivity index is 1.52. The minimum atomic E-state index is -0.419. The molecule has 4 heteroatoms. The first-order valence-electron chi connectivity index (χ1n) is 8.05. The number of aromatic nitrogens is 2. The number of imidazole rings is 1. The van der Waals surface area contributed by atoms with Crippen LogP contribution in [0.2, 0.25) is 0 Å². The lowest BCUT2D eigenvalue weighted by molar-refractivity contribution is 0.113. The highest BCUT2D eigenvalue weighted by atomic mass is 16.3. The quantitative estimate of drug-likeness (QED) is 0.922. The normalized spacial score (nSPS) is 19.2. The predicted octanol–water partition coefficient (Wildman–Crippen LogP) is 2.42. The fourth-order valence-corrected chi connectivity index (χ4v) is 3.29. The Labute approximate surface area is 132 Å². The van der Waals surface area contributed by atoms with Crippen LogP contribution in [0, 0.1) is 12.8 Å². The summed E-state index contributed by atoms with van der Waals surface area (Å²) < 4.78 is 2.26. The Bertz CT molecular complexity index is 605. The molecule has 0 spiro atoms. The number of hydrogen-bond donors (Lipinski definition) is 1. The van der Waals surface area contributed by atoms with E-state index in [0.29, 0.717) is 12.5 Å². The standard InChI is InChI=1S/C18H25N3O/c1-14-3-6-16(7-4-14)17(22)13-20(2)11-15-5-8-18-19-9-10-21(18)12-15/h3-4,6-7,9-10,15,17,22H,5,8,11-13H2,1-2H3/t15-,17+/m0/s1. The Morgan fingerprint density at radius 3 is 2.91 bits per heavy atom. The molecule has 2 atom stereocenters. The van der Waals surface area contributed by atoms with Crippen molar-refractivity contribution in [2.45, 2.75) is 32.4 Å². The summed E-state index contributed by atoms with van der Waals surface area (Å²) in [5.74, 6) is 1.84. The van der Waals surface area contributed by atoms with Gasteiger partial charge in [-0.3, -0.25) is 0 Å². The third-order valence-corrected chi connectivity index (χ3v) is 4.55. The molecule has 22 heavy (non-hydrogen) atoms. The number of benzene rings is 1. The van der Waals surface area contributed by atoms with E-state index < -0.39 is 6.10 Å². The molecule has 0 unspecified atom stereocenters. The Morgan fingerprint density at radius 1 is 1.36 bits per heavy atom. The lowest BCUT2D eigenvalue weighted by Gasteiger charge is -2.29. The van der Waals surface area contributed by atoms with Crippen LogP contribution < -0.4 is 0 Å². The molecule has 1 aliphatic heterocycles. The molecular formula is C18H25N3O. The zero-order valence-electron chi connectivity index (χ0n) is 13.4. The van der Waals surface area contributed by atoms with Crippen molar-refractivity contribution >= 4 is 0 Å². The van der Waals surface area contributed by atoms with Gasteiger partial charge in [0.1, 0.15) is 5.82 Å². The van der Waals surface area contributed by atoms with Crippen molar-refractivity contribution in [2.24, 2.45) is 5.92 Å². The highest BCUT2D eigenvalue weighted by molar-refractivity contribution is 5.23. The molecule has 0 radical (unpaired) electrons. The summed E-state index contributed by atoms with van der Waals surface area (Å²) in [5.41, 5.74) is 2.22. The van der Waals surface area contributed by atoms with E-state index in [1.165, 1.54) is 17.8 Å². The summed E-state index contributed by atoms with van der Waals surface area (Å²) in [6, 6.07) is 8.15. The van der Waals surface area contributed by atoms with Crippen LogP contribution in [0.4, 0.5) is 0 Å². The van der Waals surface area contributed by atoms with Gasteiger partial charge in [-0.2, -0.15) is 0 Å². The first-order valence-corrected chi connectivity index (χ1v) is 8.05. The van der Waals surface area contributed by atoms with E-state index in [-0.39, 0.29) is 0 Å². The van der Waals surface area contributed by atoms with Gasteiger partial charge in [0.25, 0.3) is 0 Å². The third-order valence-electron chi connectivity index (χ3n) is 4.55. The first kappa shape index (κ1) is 15.3. The second-order valence-corrected chi connectivity index (χ2v) is 6.55. The van der Waals surface area contributed by atoms with Gasteiger partial charge in [0.2, 0.25) is 0 Å². The molecule has 0 aliphatic carbocycles. The summed E-state index contributed by atoms with van der Waals surface area (Å²) in [6.45, 7) is 4.80. The Hall–Kier alpha value is -1.65. The van der Waals surface area contributed by atoms with E-state index in [2.05, 4.69) is 46.8 Å². The zero-order valence-corrected chi connectivity index (χ0v) is 13.4. The maximum absolute atomic E-state index is 10.4. The van der Waals surface area contributed by atoms with Gasteiger partial charge < -0.3 is 14.6 Å². The number of rotatable bonds is 5. The second kappa shape index (κ2) is 6.63. The van der Waals surface area contributed by atoms with E-state index in [1.54, 1.807) is 0 Å². The summed E-state index contributed by atoms with van der Waals surface area (Å²) in [5, 5.41) is 10.4. The van der Waals surface area contributed by atoms with Crippen molar-refractivity contribution in [3.8, 4) is 0 Å². The summed E-state index contributed by atoms with van der Waals surface area (Å²) >= 11 is 0. The fraction of sp³-hybridized carbons (Fsp3) is 0.500. The van der Waals surface area contributed by atoms with Crippen LogP contribution >= 0.6 is 0 Å². The van der Waals surface area contributed by atoms with Crippen LogP contribution in [-0.2, 0) is 13.0 Å². The van der Waals surface area contributed by atoms with Gasteiger partial charge in [-0.25, -0.2) is 4.98 Å². The SMILES string of the molecule is Cc1ccc([C@H](O)CN(C)C[C@@H]2CCc3nccn3C2)cc1. The molecule has 0 bridgehead atoms. The number of nitrogens with zero attached hydrogens (tertiary/aromatic N) is 3. The molecule has 1 aliphatic rings. The van der Waals surface area contributed by atoms with Crippen LogP contribution in [0.25, 0.3) is 0 Å². The second-order valence-electron chi connectivity index (χ2n) is 6.55. The topological polar surface area (TPSA) is 41.3 Å². The van der Waals surface area contributed by atoms with E-state index in [4.69, 9.17) is 0 Å². The molecule has 0 saturated carbocycles. The van der Waals surface area contributed by atoms with Gasteiger partial charge in [-0.05, 0) is 31.9 Å². The van der Waals surface area contributed by atoms with Crippen molar-refractivity contribution in [2.75, 3.05) is 20.1 Å². The van der Waals surface area contributed by atoms with E-state index in [9.17, 15) is 5.11 Å². The van der Waals surface area contributed by atoms with Crippen LogP contribution in [0.3, 0.4) is 0 Å². The molecule has 1 N–H and O–H groups in total. The molecule has 1 aromatic carbocycles. The molecule has 118 valence electrons. The lowest BCUT2D eigenvalue weighted by atomic mass is 9.98. The maximum atomic E-state index is 10.4. The van der Waals surface area contributed by atoms with Crippen LogP contribution in [0.1, 0.15) is 29.5 Å². The van der Waals surface area contributed by atoms with Gasteiger partial charge in [0, 0.05) is 38.4 Å². The monoisotopic (exact) mass is 299 g/mol. The van der Waals surface area contributed by atoms with Gasteiger partial charge in [-0.1, -0.05) is 29.8 Å². The van der Waals surface area contributed by atoms with Gasteiger partial charge >= 0.3 is 0 Å². The van der Waals surface area contributed by atoms with Gasteiger partial charge in [0.05, 0.1) is 6.10 Å². The number of aliphatic hydroxyl groups is 1. The molecular weight excluding hydrogens is 274 g/mol. The molecule has 0 amide bonds. The Morgan fingerprint density at radius 2 is 2.14 bits per heavy atom. The third kappa shape index (κ3) is 3.57. The van der Waals surface area contributed by atoms with Crippen molar-refractivity contribution in [3.05, 3.63) is 53.6 Å². The Kier molecular flexibility index (Phi) is 4.60. The van der Waals surface area contributed by atoms with Crippen LogP contribution in [0.15, 0.2) is 36.7 Å². The smallest absolute Gasteiger partial charge is 0.108 e.